The van der Waals surface area contributed by atoms with E-state index in [1.807, 2.05) is 0 Å². The van der Waals surface area contributed by atoms with Crippen LogP contribution in [0.15, 0.2) is 61.8 Å². The van der Waals surface area contributed by atoms with E-state index in [9.17, 15) is 43.2 Å². The number of ketones is 1. The van der Waals surface area contributed by atoms with Crippen molar-refractivity contribution in [2.75, 3.05) is 46.2 Å². The maximum absolute atomic E-state index is 12.3. The minimum atomic E-state index is -1.14. The summed E-state index contributed by atoms with van der Waals surface area (Å²) in [6.45, 7) is 25.3. The van der Waals surface area contributed by atoms with Crippen LogP contribution in [0.25, 0.3) is 0 Å². The van der Waals surface area contributed by atoms with E-state index >= 15 is 0 Å². The Kier molecular flexibility index (Phi) is 32.8. The topological polar surface area (TPSA) is 239 Å². The Hall–Kier alpha value is -6.07. The Labute approximate surface area is 401 Å². The van der Waals surface area contributed by atoms with Gasteiger partial charge in [0, 0.05) is 48.8 Å². The summed E-state index contributed by atoms with van der Waals surface area (Å²) < 4.78 is 39.0. The lowest BCUT2D eigenvalue weighted by atomic mass is 9.82. The smallest absolute Gasteiger partial charge is 0.407 e. The van der Waals surface area contributed by atoms with E-state index < -0.39 is 67.1 Å². The van der Waals surface area contributed by atoms with Crippen molar-refractivity contribution >= 4 is 53.7 Å². The van der Waals surface area contributed by atoms with Gasteiger partial charge >= 0.3 is 47.9 Å². The van der Waals surface area contributed by atoms with Crippen molar-refractivity contribution in [3.63, 3.8) is 0 Å². The summed E-state index contributed by atoms with van der Waals surface area (Å²) in [6.07, 6.45) is 12.2. The van der Waals surface area contributed by atoms with Crippen LogP contribution in [0.4, 0.5) is 4.79 Å². The van der Waals surface area contributed by atoms with Gasteiger partial charge in [-0.3, -0.25) is 9.59 Å². The lowest BCUT2D eigenvalue weighted by molar-refractivity contribution is -0.164. The Bertz CT molecular complexity index is 1550. The van der Waals surface area contributed by atoms with Gasteiger partial charge < -0.3 is 43.2 Å². The molecule has 18 nitrogen and oxygen atoms in total. The van der Waals surface area contributed by atoms with Gasteiger partial charge in [0.05, 0.1) is 13.2 Å². The first-order valence-corrected chi connectivity index (χ1v) is 23.1. The zero-order valence-electron chi connectivity index (χ0n) is 41.0. The van der Waals surface area contributed by atoms with Gasteiger partial charge in [0.2, 0.25) is 5.78 Å². The molecular formula is C50H75NO17. The van der Waals surface area contributed by atoms with Crippen LogP contribution in [-0.4, -0.2) is 112 Å². The average Bonchev–Trinajstić information content (AvgIpc) is 4.07. The largest absolute Gasteiger partial charge is 0.463 e. The number of Topliss-reactive ketones (excluding diaryl/α,β-unsaturated/α-hetero) is 1. The van der Waals surface area contributed by atoms with E-state index in [0.717, 1.165) is 31.9 Å². The summed E-state index contributed by atoms with van der Waals surface area (Å²) in [5.41, 5.74) is 0.457. The first-order valence-electron chi connectivity index (χ1n) is 23.1. The molecular weight excluding hydrogens is 887 g/mol. The number of rotatable bonds is 26. The van der Waals surface area contributed by atoms with Gasteiger partial charge in [-0.1, -0.05) is 58.6 Å². The highest BCUT2D eigenvalue weighted by Crippen LogP contribution is 2.58. The number of hydrogen-bond donors (Lipinski definition) is 1. The number of hydrogen-bond acceptors (Lipinski definition) is 17. The van der Waals surface area contributed by atoms with Gasteiger partial charge in [-0.25, -0.2) is 33.6 Å². The number of carbonyl (C=O) groups is 9. The third-order valence-electron chi connectivity index (χ3n) is 10.6. The van der Waals surface area contributed by atoms with Crippen molar-refractivity contribution in [2.45, 2.75) is 131 Å². The molecule has 3 fully saturated rings. The molecule has 0 aliphatic heterocycles. The van der Waals surface area contributed by atoms with Crippen molar-refractivity contribution in [3.05, 3.63) is 61.8 Å². The summed E-state index contributed by atoms with van der Waals surface area (Å²) in [5, 5.41) is 2.53. The van der Waals surface area contributed by atoms with E-state index in [1.54, 1.807) is 52.4 Å². The molecule has 3 rings (SSSR count). The molecule has 0 aromatic carbocycles. The van der Waals surface area contributed by atoms with Crippen LogP contribution < -0.4 is 5.32 Å². The maximum atomic E-state index is 12.3. The molecule has 3 aliphatic carbocycles. The zero-order valence-corrected chi connectivity index (χ0v) is 41.0. The average molecular weight is 962 g/mol. The van der Waals surface area contributed by atoms with Gasteiger partial charge in [-0.2, -0.15) is 0 Å². The fourth-order valence-corrected chi connectivity index (χ4v) is 7.35. The standard InChI is InChI=1S/C30H43NO13.C10H16.2C5H8O2/c1-19(2)26(34)39-15-23(16-40-27(35)20(3)4)43-25(33)13-11-9-8-10-12-14-31-30(38)44-24(17-41-28(36)21(5)6)18-42-29(37)22(7)32;1-2-9-7-4-5-8(6-7)10(9)3-1;2*1-3-5(6)7-4-2/h23-24H,1,3,5,8-18H2,2,4,6-7H3,(H,31,38);7-10H,1-6H2;2*3H,1,4H2,2H3. The Morgan fingerprint density at radius 2 is 0.941 bits per heavy atom. The molecule has 5 atom stereocenters. The predicted octanol–water partition coefficient (Wildman–Crippen LogP) is 7.13. The van der Waals surface area contributed by atoms with Gasteiger partial charge in [-0.15, -0.1) is 0 Å². The zero-order chi connectivity index (χ0) is 51.6. The van der Waals surface area contributed by atoms with E-state index in [4.69, 9.17) is 28.4 Å². The van der Waals surface area contributed by atoms with E-state index in [2.05, 4.69) is 47.7 Å². The number of alkyl carbamates (subject to hydrolysis) is 1. The maximum Gasteiger partial charge on any atom is 0.407 e. The fraction of sp³-hybridized carbons (Fsp3) is 0.620. The summed E-state index contributed by atoms with van der Waals surface area (Å²) >= 11 is 0. The molecule has 68 heavy (non-hydrogen) atoms. The molecule has 5 unspecified atom stereocenters. The number of ether oxygens (including phenoxy) is 8. The molecule has 1 N–H and O–H groups in total. The van der Waals surface area contributed by atoms with E-state index in [-0.39, 0.29) is 54.8 Å². The fourth-order valence-electron chi connectivity index (χ4n) is 7.35. The Balaban J connectivity index is 0.00000147. The first-order chi connectivity index (χ1) is 32.2. The van der Waals surface area contributed by atoms with Crippen LogP contribution in [0.1, 0.15) is 119 Å². The normalized spacial score (nSPS) is 17.1. The summed E-state index contributed by atoms with van der Waals surface area (Å²) in [5.74, 6) is -0.480. The first kappa shape index (κ1) is 61.9. The number of carbonyl (C=O) groups excluding carboxylic acids is 9. The van der Waals surface area contributed by atoms with Crippen LogP contribution in [0.3, 0.4) is 0 Å². The number of amides is 1. The second-order valence-electron chi connectivity index (χ2n) is 16.4. The minimum absolute atomic E-state index is 0.0927. The van der Waals surface area contributed by atoms with Gasteiger partial charge in [0.15, 0.2) is 12.2 Å². The summed E-state index contributed by atoms with van der Waals surface area (Å²) in [6, 6.07) is 0. The van der Waals surface area contributed by atoms with Gasteiger partial charge in [0.1, 0.15) is 26.4 Å². The van der Waals surface area contributed by atoms with Crippen LogP contribution in [0.2, 0.25) is 0 Å². The second kappa shape index (κ2) is 36.0. The van der Waals surface area contributed by atoms with Gasteiger partial charge in [0.25, 0.3) is 0 Å². The number of fused-ring (bicyclic) bond motifs is 5. The molecule has 0 aromatic heterocycles. The van der Waals surface area contributed by atoms with Crippen molar-refractivity contribution in [2.24, 2.45) is 23.7 Å². The SMILES string of the molecule is C1CC2C3CCC(C3)C2C1.C=C(C)C(=O)OCC(COC(=O)C(=C)C)OC(=O)CCCCCCCNC(=O)OC(COC(=O)C(=C)C)COC(=O)C(C)=O.C=CC(=O)OCC.C=CC(=O)OCC. The molecule has 0 spiro atoms. The third-order valence-corrected chi connectivity index (χ3v) is 10.6. The molecule has 382 valence electrons. The predicted molar refractivity (Wildman–Crippen MR) is 250 cm³/mol. The summed E-state index contributed by atoms with van der Waals surface area (Å²) in [7, 11) is 0. The quantitative estimate of drug-likeness (QED) is 0.0298. The van der Waals surface area contributed by atoms with Crippen LogP contribution in [-0.2, 0) is 76.3 Å². The molecule has 1 amide bonds. The van der Waals surface area contributed by atoms with Crippen molar-refractivity contribution in [1.29, 1.82) is 0 Å². The van der Waals surface area contributed by atoms with Gasteiger partial charge in [-0.05, 0) is 103 Å². The lowest BCUT2D eigenvalue weighted by Gasteiger charge is -2.23. The van der Waals surface area contributed by atoms with Crippen molar-refractivity contribution in [1.82, 2.24) is 5.32 Å². The summed E-state index contributed by atoms with van der Waals surface area (Å²) in [4.78, 5) is 102. The van der Waals surface area contributed by atoms with Crippen molar-refractivity contribution < 1.29 is 81.0 Å². The number of unbranched alkanes of at least 4 members (excludes halogenated alkanes) is 4. The highest BCUT2D eigenvalue weighted by atomic mass is 16.6. The highest BCUT2D eigenvalue weighted by molar-refractivity contribution is 6.32. The highest BCUT2D eigenvalue weighted by Gasteiger charge is 2.48. The molecule has 0 radical (unpaired) electrons. The van der Waals surface area contributed by atoms with E-state index in [0.29, 0.717) is 32.5 Å². The molecule has 3 saturated carbocycles. The molecule has 3 aliphatic rings. The number of esters is 7. The minimum Gasteiger partial charge on any atom is -0.463 e. The molecule has 0 saturated heterocycles. The Morgan fingerprint density at radius 1 is 0.544 bits per heavy atom. The monoisotopic (exact) mass is 962 g/mol. The second-order valence-corrected chi connectivity index (χ2v) is 16.4. The third kappa shape index (κ3) is 28.2. The molecule has 0 heterocycles. The number of nitrogens with one attached hydrogen (secondary N) is 1. The lowest BCUT2D eigenvalue weighted by Crippen LogP contribution is -2.36. The van der Waals surface area contributed by atoms with Crippen LogP contribution in [0, 0.1) is 23.7 Å². The van der Waals surface area contributed by atoms with Crippen LogP contribution in [0.5, 0.6) is 0 Å². The van der Waals surface area contributed by atoms with Crippen LogP contribution >= 0.6 is 0 Å². The molecule has 0 aromatic rings. The molecule has 18 heteroatoms. The van der Waals surface area contributed by atoms with Crippen molar-refractivity contribution in [3.8, 4) is 0 Å². The van der Waals surface area contributed by atoms with E-state index in [1.165, 1.54) is 44.4 Å². The molecule has 2 bridgehead atoms. The Morgan fingerprint density at radius 3 is 1.32 bits per heavy atom.